The van der Waals surface area contributed by atoms with E-state index in [9.17, 15) is 22.8 Å². The predicted octanol–water partition coefficient (Wildman–Crippen LogP) is -0.409. The molecule has 1 fully saturated rings. The Morgan fingerprint density at radius 3 is 2.43 bits per heavy atom. The lowest BCUT2D eigenvalue weighted by atomic mass is 10.1. The average Bonchev–Trinajstić information content (AvgIpc) is 2.64. The summed E-state index contributed by atoms with van der Waals surface area (Å²) in [6.07, 6.45) is -1.18. The molecule has 28 heavy (non-hydrogen) atoms. The summed E-state index contributed by atoms with van der Waals surface area (Å²) in [7, 11) is -3.86. The molecule has 1 aliphatic rings. The van der Waals surface area contributed by atoms with Gasteiger partial charge in [0.15, 0.2) is 0 Å². The number of β-lactam (4-membered cyclic amide) rings is 1. The number of carboxylic acid groups (broad SMARTS) is 1. The molecule has 12 nitrogen and oxygen atoms in total. The normalized spacial score (nSPS) is 20.2. The number of ether oxygens (including phenoxy) is 2. The molecule has 0 aliphatic carbocycles. The molecule has 1 aliphatic heterocycles. The molecule has 0 bridgehead atoms. The number of hydrazine groups is 1. The lowest BCUT2D eigenvalue weighted by Crippen LogP contribution is -2.79. The first-order chi connectivity index (χ1) is 13.0. The maximum atomic E-state index is 12.6. The summed E-state index contributed by atoms with van der Waals surface area (Å²) < 4.78 is 41.7. The van der Waals surface area contributed by atoms with Crippen LogP contribution >= 0.6 is 0 Å². The molecule has 1 aromatic rings. The van der Waals surface area contributed by atoms with E-state index >= 15 is 0 Å². The molecule has 2 amide bonds. The van der Waals surface area contributed by atoms with Crippen LogP contribution in [-0.2, 0) is 36.0 Å². The number of nitrogens with one attached hydrogen (secondary N) is 1. The van der Waals surface area contributed by atoms with Gasteiger partial charge < -0.3 is 14.6 Å². The standard InChI is InChI=1S/C15H19N3O9S/c1-10(12(19)20)16-18(14(22)27-8-11-6-4-3-5-7-11)15(26-2)9-17(13(15)21)28(23,24)25/h3-7,10,16H,8-9H2,1-2H3,(H,19,20)(H,23,24,25)/t10-,15?/m1/s1. The number of methoxy groups -OCH3 is 1. The summed E-state index contributed by atoms with van der Waals surface area (Å²) in [6.45, 7) is 0.225. The lowest BCUT2D eigenvalue weighted by Gasteiger charge is -2.49. The number of carbonyl (C=O) groups is 3. The number of carboxylic acids is 1. The number of nitrogens with zero attached hydrogens (tertiary/aromatic N) is 2. The zero-order valence-electron chi connectivity index (χ0n) is 14.9. The summed E-state index contributed by atoms with van der Waals surface area (Å²) in [5.74, 6) is -2.65. The van der Waals surface area contributed by atoms with Gasteiger partial charge in [0.05, 0.1) is 6.54 Å². The second-order valence-corrected chi connectivity index (χ2v) is 7.18. The van der Waals surface area contributed by atoms with Crippen LogP contribution in [0.3, 0.4) is 0 Å². The predicted molar refractivity (Wildman–Crippen MR) is 91.7 cm³/mol. The van der Waals surface area contributed by atoms with Crippen LogP contribution in [0.5, 0.6) is 0 Å². The highest BCUT2D eigenvalue weighted by Gasteiger charge is 2.64. The van der Waals surface area contributed by atoms with Crippen molar-refractivity contribution in [3.63, 3.8) is 0 Å². The van der Waals surface area contributed by atoms with E-state index in [2.05, 4.69) is 5.43 Å². The van der Waals surface area contributed by atoms with Crippen LogP contribution in [0.15, 0.2) is 30.3 Å². The largest absolute Gasteiger partial charge is 0.480 e. The molecule has 0 radical (unpaired) electrons. The van der Waals surface area contributed by atoms with E-state index in [-0.39, 0.29) is 10.9 Å². The molecule has 1 heterocycles. The Balaban J connectivity index is 2.26. The minimum atomic E-state index is -4.87. The van der Waals surface area contributed by atoms with Crippen molar-refractivity contribution in [3.8, 4) is 0 Å². The number of carbonyl (C=O) groups excluding carboxylic acids is 2. The third-order valence-electron chi connectivity index (χ3n) is 3.98. The van der Waals surface area contributed by atoms with Crippen LogP contribution in [0, 0.1) is 0 Å². The minimum Gasteiger partial charge on any atom is -0.480 e. The second-order valence-electron chi connectivity index (χ2n) is 5.84. The van der Waals surface area contributed by atoms with Crippen LogP contribution < -0.4 is 5.43 Å². The molecule has 0 spiro atoms. The Morgan fingerprint density at radius 2 is 1.96 bits per heavy atom. The van der Waals surface area contributed by atoms with Crippen molar-refractivity contribution in [1.29, 1.82) is 0 Å². The topological polar surface area (TPSA) is 163 Å². The van der Waals surface area contributed by atoms with Gasteiger partial charge in [0.25, 0.3) is 11.6 Å². The van der Waals surface area contributed by atoms with E-state index in [1.165, 1.54) is 6.92 Å². The van der Waals surface area contributed by atoms with Gasteiger partial charge in [-0.1, -0.05) is 30.3 Å². The van der Waals surface area contributed by atoms with E-state index in [1.54, 1.807) is 30.3 Å². The zero-order valence-corrected chi connectivity index (χ0v) is 15.7. The van der Waals surface area contributed by atoms with Crippen LogP contribution in [0.25, 0.3) is 0 Å². The van der Waals surface area contributed by atoms with E-state index in [0.717, 1.165) is 7.11 Å². The van der Waals surface area contributed by atoms with E-state index in [4.69, 9.17) is 19.1 Å². The molecule has 0 aromatic heterocycles. The van der Waals surface area contributed by atoms with E-state index in [1.807, 2.05) is 0 Å². The number of amides is 2. The fraction of sp³-hybridized carbons (Fsp3) is 0.400. The van der Waals surface area contributed by atoms with Crippen molar-refractivity contribution in [1.82, 2.24) is 14.7 Å². The molecular formula is C15H19N3O9S. The van der Waals surface area contributed by atoms with Gasteiger partial charge in [-0.2, -0.15) is 13.4 Å². The monoisotopic (exact) mass is 417 g/mol. The van der Waals surface area contributed by atoms with Crippen molar-refractivity contribution in [2.45, 2.75) is 25.3 Å². The zero-order chi connectivity index (χ0) is 21.1. The first-order valence-electron chi connectivity index (χ1n) is 7.87. The van der Waals surface area contributed by atoms with Gasteiger partial charge >= 0.3 is 22.4 Å². The molecule has 3 N–H and O–H groups in total. The van der Waals surface area contributed by atoms with Crippen LogP contribution in [0.4, 0.5) is 4.79 Å². The Morgan fingerprint density at radius 1 is 1.36 bits per heavy atom. The minimum absolute atomic E-state index is 0.0705. The molecule has 2 atom stereocenters. The van der Waals surface area contributed by atoms with Gasteiger partial charge in [-0.15, -0.1) is 0 Å². The van der Waals surface area contributed by atoms with Crippen molar-refractivity contribution in [3.05, 3.63) is 35.9 Å². The molecule has 13 heteroatoms. The number of hydrogen-bond acceptors (Lipinski definition) is 8. The Labute approximate surface area is 160 Å². The van der Waals surface area contributed by atoms with Gasteiger partial charge in [0, 0.05) is 7.11 Å². The average molecular weight is 417 g/mol. The van der Waals surface area contributed by atoms with Crippen molar-refractivity contribution >= 4 is 28.3 Å². The molecular weight excluding hydrogens is 398 g/mol. The quantitative estimate of drug-likeness (QED) is 0.219. The highest BCUT2D eigenvalue weighted by Crippen LogP contribution is 2.32. The van der Waals surface area contributed by atoms with Gasteiger partial charge in [-0.3, -0.25) is 14.1 Å². The van der Waals surface area contributed by atoms with E-state index in [0.29, 0.717) is 10.6 Å². The second kappa shape index (κ2) is 8.10. The third-order valence-corrected chi connectivity index (χ3v) is 4.83. The van der Waals surface area contributed by atoms with Crippen LogP contribution in [-0.4, -0.2) is 70.8 Å². The molecule has 0 saturated carbocycles. The molecule has 2 rings (SSSR count). The van der Waals surface area contributed by atoms with Crippen molar-refractivity contribution in [2.75, 3.05) is 13.7 Å². The molecule has 154 valence electrons. The summed E-state index contributed by atoms with van der Waals surface area (Å²) in [6, 6.07) is 7.16. The highest BCUT2D eigenvalue weighted by atomic mass is 32.2. The van der Waals surface area contributed by atoms with Crippen LogP contribution in [0.2, 0.25) is 0 Å². The number of benzene rings is 1. The maximum absolute atomic E-state index is 12.6. The van der Waals surface area contributed by atoms with Gasteiger partial charge in [-0.25, -0.2) is 14.5 Å². The number of rotatable bonds is 8. The first kappa shape index (κ1) is 21.6. The fourth-order valence-electron chi connectivity index (χ4n) is 2.37. The number of hydrogen-bond donors (Lipinski definition) is 3. The summed E-state index contributed by atoms with van der Waals surface area (Å²) >= 11 is 0. The smallest absolute Gasteiger partial charge is 0.427 e. The highest BCUT2D eigenvalue weighted by molar-refractivity contribution is 7.84. The first-order valence-corrected chi connectivity index (χ1v) is 9.27. The summed E-state index contributed by atoms with van der Waals surface area (Å²) in [5, 5.41) is 9.55. The van der Waals surface area contributed by atoms with E-state index < -0.39 is 46.6 Å². The number of aliphatic carboxylic acids is 1. The van der Waals surface area contributed by atoms with Gasteiger partial charge in [-0.05, 0) is 12.5 Å². The van der Waals surface area contributed by atoms with Gasteiger partial charge in [0.1, 0.15) is 12.6 Å². The molecule has 1 saturated heterocycles. The Kier molecular flexibility index (Phi) is 6.23. The summed E-state index contributed by atoms with van der Waals surface area (Å²) in [5.41, 5.74) is 0.662. The van der Waals surface area contributed by atoms with Crippen molar-refractivity contribution in [2.24, 2.45) is 0 Å². The molecule has 1 unspecified atom stereocenters. The summed E-state index contributed by atoms with van der Waals surface area (Å²) in [4.78, 5) is 36.1. The molecule has 1 aromatic carbocycles. The van der Waals surface area contributed by atoms with Crippen molar-refractivity contribution < 1.29 is 41.9 Å². The fourth-order valence-corrected chi connectivity index (χ4v) is 3.06. The Hall–Kier alpha value is -2.74. The maximum Gasteiger partial charge on any atom is 0.427 e. The third kappa shape index (κ3) is 4.22. The lowest BCUT2D eigenvalue weighted by molar-refractivity contribution is -0.212. The Bertz CT molecular complexity index is 861. The van der Waals surface area contributed by atoms with Crippen LogP contribution in [0.1, 0.15) is 12.5 Å². The van der Waals surface area contributed by atoms with Gasteiger partial charge in [0.2, 0.25) is 0 Å². The SMILES string of the molecule is COC1(N(N[C@H](C)C(=O)O)C(=O)OCc2ccccc2)CN(S(=O)(=O)O)C1=O.